The van der Waals surface area contributed by atoms with Gasteiger partial charge >= 0.3 is 0 Å². The average Bonchev–Trinajstić information content (AvgIpc) is 2.88. The van der Waals surface area contributed by atoms with Crippen molar-refractivity contribution in [3.63, 3.8) is 0 Å². The second-order valence-electron chi connectivity index (χ2n) is 6.42. The highest BCUT2D eigenvalue weighted by molar-refractivity contribution is 7.89. The van der Waals surface area contributed by atoms with Crippen LogP contribution in [0, 0.1) is 13.8 Å². The molecule has 0 aliphatic rings. The molecule has 0 atom stereocenters. The molecule has 136 valence electrons. The van der Waals surface area contributed by atoms with E-state index in [1.165, 1.54) is 4.31 Å². The van der Waals surface area contributed by atoms with Crippen LogP contribution in [-0.4, -0.2) is 29.6 Å². The zero-order valence-electron chi connectivity index (χ0n) is 15.5. The summed E-state index contributed by atoms with van der Waals surface area (Å²) in [6.45, 7) is 4.15. The van der Waals surface area contributed by atoms with Gasteiger partial charge in [0.1, 0.15) is 0 Å². The summed E-state index contributed by atoms with van der Waals surface area (Å²) in [6.07, 6.45) is 0. The summed E-state index contributed by atoms with van der Waals surface area (Å²) in [4.78, 5) is 0.291. The van der Waals surface area contributed by atoms with E-state index in [1.54, 1.807) is 23.9 Å². The monoisotopic (exact) mass is 369 g/mol. The maximum atomic E-state index is 12.9. The molecule has 0 aliphatic carbocycles. The van der Waals surface area contributed by atoms with Crippen molar-refractivity contribution in [2.24, 2.45) is 7.05 Å². The van der Waals surface area contributed by atoms with Crippen LogP contribution in [0.15, 0.2) is 59.5 Å². The Labute approximate surface area is 154 Å². The Bertz CT molecular complexity index is 1010. The van der Waals surface area contributed by atoms with Crippen molar-refractivity contribution >= 4 is 10.0 Å². The Morgan fingerprint density at radius 2 is 1.54 bits per heavy atom. The molecule has 0 N–H and O–H groups in total. The summed E-state index contributed by atoms with van der Waals surface area (Å²) in [6, 6.07) is 16.9. The van der Waals surface area contributed by atoms with Crippen molar-refractivity contribution in [3.8, 4) is 11.1 Å². The van der Waals surface area contributed by atoms with E-state index in [2.05, 4.69) is 5.10 Å². The average molecular weight is 369 g/mol. The van der Waals surface area contributed by atoms with Crippen molar-refractivity contribution in [1.29, 1.82) is 0 Å². The van der Waals surface area contributed by atoms with Crippen LogP contribution < -0.4 is 0 Å². The number of aromatic nitrogens is 2. The zero-order valence-corrected chi connectivity index (χ0v) is 16.3. The molecule has 0 aliphatic heterocycles. The second kappa shape index (κ2) is 7.05. The minimum atomic E-state index is -3.56. The van der Waals surface area contributed by atoms with E-state index in [-0.39, 0.29) is 0 Å². The van der Waals surface area contributed by atoms with Crippen LogP contribution in [-0.2, 0) is 23.6 Å². The van der Waals surface area contributed by atoms with E-state index in [0.717, 1.165) is 28.1 Å². The molecular formula is C20H23N3O2S. The van der Waals surface area contributed by atoms with Gasteiger partial charge in [-0.25, -0.2) is 8.42 Å². The quantitative estimate of drug-likeness (QED) is 0.691. The molecule has 2 aromatic carbocycles. The van der Waals surface area contributed by atoms with Crippen molar-refractivity contribution < 1.29 is 8.42 Å². The third-order valence-electron chi connectivity index (χ3n) is 4.71. The molecule has 1 heterocycles. The van der Waals surface area contributed by atoms with Gasteiger partial charge < -0.3 is 0 Å². The first-order valence-electron chi connectivity index (χ1n) is 8.41. The number of sulfonamides is 1. The van der Waals surface area contributed by atoms with Gasteiger partial charge in [-0.15, -0.1) is 0 Å². The zero-order chi connectivity index (χ0) is 18.9. The van der Waals surface area contributed by atoms with Gasteiger partial charge in [0, 0.05) is 31.9 Å². The lowest BCUT2D eigenvalue weighted by molar-refractivity contribution is 0.465. The molecule has 0 radical (unpaired) electrons. The number of rotatable bonds is 5. The third kappa shape index (κ3) is 3.43. The Kier molecular flexibility index (Phi) is 4.98. The Balaban J connectivity index is 1.85. The Morgan fingerprint density at radius 3 is 2.08 bits per heavy atom. The van der Waals surface area contributed by atoms with E-state index >= 15 is 0 Å². The highest BCUT2D eigenvalue weighted by Crippen LogP contribution is 2.24. The smallest absolute Gasteiger partial charge is 0.243 e. The maximum Gasteiger partial charge on any atom is 0.243 e. The van der Waals surface area contributed by atoms with Gasteiger partial charge in [0.15, 0.2) is 0 Å². The van der Waals surface area contributed by atoms with Crippen molar-refractivity contribution in [3.05, 3.63) is 71.5 Å². The van der Waals surface area contributed by atoms with E-state index in [4.69, 9.17) is 0 Å². The number of hydrogen-bond acceptors (Lipinski definition) is 3. The summed E-state index contributed by atoms with van der Waals surface area (Å²) in [5, 5.41) is 4.36. The van der Waals surface area contributed by atoms with Crippen LogP contribution in [0.25, 0.3) is 11.1 Å². The van der Waals surface area contributed by atoms with Gasteiger partial charge in [0.25, 0.3) is 0 Å². The van der Waals surface area contributed by atoms with Crippen LogP contribution in [0.2, 0.25) is 0 Å². The van der Waals surface area contributed by atoms with Crippen molar-refractivity contribution in [2.75, 3.05) is 7.05 Å². The van der Waals surface area contributed by atoms with E-state index in [9.17, 15) is 8.42 Å². The fourth-order valence-corrected chi connectivity index (χ4v) is 4.12. The largest absolute Gasteiger partial charge is 0.272 e. The van der Waals surface area contributed by atoms with Crippen LogP contribution in [0.4, 0.5) is 0 Å². The van der Waals surface area contributed by atoms with Gasteiger partial charge in [-0.1, -0.05) is 42.5 Å². The highest BCUT2D eigenvalue weighted by atomic mass is 32.2. The summed E-state index contributed by atoms with van der Waals surface area (Å²) in [5.41, 5.74) is 4.83. The molecule has 0 unspecified atom stereocenters. The van der Waals surface area contributed by atoms with Gasteiger partial charge in [0.05, 0.1) is 10.6 Å². The van der Waals surface area contributed by atoms with Crippen LogP contribution >= 0.6 is 0 Å². The van der Waals surface area contributed by atoms with E-state index in [1.807, 2.05) is 63.4 Å². The predicted molar refractivity (Wildman–Crippen MR) is 103 cm³/mol. The second-order valence-corrected chi connectivity index (χ2v) is 8.47. The molecule has 6 heteroatoms. The molecular weight excluding hydrogens is 346 g/mol. The lowest BCUT2D eigenvalue weighted by Gasteiger charge is -2.18. The van der Waals surface area contributed by atoms with Gasteiger partial charge in [-0.05, 0) is 37.1 Å². The molecule has 0 bridgehead atoms. The fourth-order valence-electron chi connectivity index (χ4n) is 2.98. The Morgan fingerprint density at radius 1 is 0.962 bits per heavy atom. The predicted octanol–water partition coefficient (Wildman–Crippen LogP) is 3.52. The molecule has 3 aromatic rings. The summed E-state index contributed by atoms with van der Waals surface area (Å²) < 4.78 is 29.0. The number of aryl methyl sites for hydroxylation is 2. The Hall–Kier alpha value is -2.44. The molecule has 0 saturated heterocycles. The van der Waals surface area contributed by atoms with Gasteiger partial charge in [-0.3, -0.25) is 4.68 Å². The van der Waals surface area contributed by atoms with Crippen molar-refractivity contribution in [1.82, 2.24) is 14.1 Å². The van der Waals surface area contributed by atoms with Crippen LogP contribution in [0.3, 0.4) is 0 Å². The first kappa shape index (κ1) is 18.4. The van der Waals surface area contributed by atoms with Crippen LogP contribution in [0.1, 0.15) is 17.0 Å². The van der Waals surface area contributed by atoms with Crippen LogP contribution in [0.5, 0.6) is 0 Å². The molecule has 5 nitrogen and oxygen atoms in total. The standard InChI is InChI=1S/C20H23N3O2S/c1-15-20(16(2)23(4)21-15)14-22(3)26(24,25)19-12-10-18(11-13-19)17-8-6-5-7-9-17/h5-13H,14H2,1-4H3. The molecule has 0 fully saturated rings. The minimum Gasteiger partial charge on any atom is -0.272 e. The third-order valence-corrected chi connectivity index (χ3v) is 6.53. The first-order valence-corrected chi connectivity index (χ1v) is 9.85. The lowest BCUT2D eigenvalue weighted by atomic mass is 10.1. The lowest BCUT2D eigenvalue weighted by Crippen LogP contribution is -2.27. The van der Waals surface area contributed by atoms with Gasteiger partial charge in [-0.2, -0.15) is 9.40 Å². The molecule has 0 amide bonds. The van der Waals surface area contributed by atoms with Crippen molar-refractivity contribution in [2.45, 2.75) is 25.3 Å². The molecule has 1 aromatic heterocycles. The summed E-state index contributed by atoms with van der Waals surface area (Å²) >= 11 is 0. The number of benzene rings is 2. The highest BCUT2D eigenvalue weighted by Gasteiger charge is 2.23. The van der Waals surface area contributed by atoms with E-state index < -0.39 is 10.0 Å². The maximum absolute atomic E-state index is 12.9. The molecule has 26 heavy (non-hydrogen) atoms. The molecule has 0 spiro atoms. The normalized spacial score (nSPS) is 11.9. The van der Waals surface area contributed by atoms with E-state index in [0.29, 0.717) is 11.4 Å². The SMILES string of the molecule is Cc1nn(C)c(C)c1CN(C)S(=O)(=O)c1ccc(-c2ccccc2)cc1. The number of nitrogens with zero attached hydrogens (tertiary/aromatic N) is 3. The summed E-state index contributed by atoms with van der Waals surface area (Å²) in [7, 11) is -0.0969. The fraction of sp³-hybridized carbons (Fsp3) is 0.250. The minimum absolute atomic E-state index is 0.291. The molecule has 3 rings (SSSR count). The van der Waals surface area contributed by atoms with Gasteiger partial charge in [0.2, 0.25) is 10.0 Å². The first-order chi connectivity index (χ1) is 12.3. The summed E-state index contributed by atoms with van der Waals surface area (Å²) in [5.74, 6) is 0. The topological polar surface area (TPSA) is 55.2 Å². The molecule has 0 saturated carbocycles. The number of hydrogen-bond donors (Lipinski definition) is 0.